The maximum atomic E-state index is 12.8. The summed E-state index contributed by atoms with van der Waals surface area (Å²) in [6, 6.07) is 15.4. The van der Waals surface area contributed by atoms with Crippen LogP contribution in [0.4, 0.5) is 11.4 Å². The number of benzene rings is 2. The summed E-state index contributed by atoms with van der Waals surface area (Å²) in [6.45, 7) is 1.78. The molecule has 0 radical (unpaired) electrons. The molecule has 4 nitrogen and oxygen atoms in total. The highest BCUT2D eigenvalue weighted by molar-refractivity contribution is 7.17. The van der Waals surface area contributed by atoms with Crippen molar-refractivity contribution in [1.82, 2.24) is 0 Å². The molecule has 0 unspecified atom stereocenters. The minimum atomic E-state index is -0.197. The molecule has 2 N–H and O–H groups in total. The van der Waals surface area contributed by atoms with Gasteiger partial charge in [0.25, 0.3) is 5.91 Å². The van der Waals surface area contributed by atoms with Crippen LogP contribution in [-0.2, 0) is 17.6 Å². The van der Waals surface area contributed by atoms with Crippen LogP contribution in [0.5, 0.6) is 0 Å². The fourth-order valence-corrected chi connectivity index (χ4v) is 4.65. The molecule has 142 valence electrons. The van der Waals surface area contributed by atoms with Gasteiger partial charge < -0.3 is 10.6 Å². The zero-order valence-corrected chi connectivity index (χ0v) is 16.9. The fraction of sp³-hybridized carbons (Fsp3) is 0.182. The minimum Gasteiger partial charge on any atom is -0.326 e. The molecular formula is C22H19ClN2O2S. The number of nitrogens with one attached hydrogen (secondary N) is 2. The van der Waals surface area contributed by atoms with Crippen LogP contribution in [-0.4, -0.2) is 11.8 Å². The maximum Gasteiger partial charge on any atom is 0.265 e. The van der Waals surface area contributed by atoms with Gasteiger partial charge in [-0.1, -0.05) is 42.8 Å². The Labute approximate surface area is 172 Å². The lowest BCUT2D eigenvalue weighted by Crippen LogP contribution is -2.12. The highest BCUT2D eigenvalue weighted by Crippen LogP contribution is 2.39. The number of hydrogen-bond donors (Lipinski definition) is 2. The monoisotopic (exact) mass is 410 g/mol. The smallest absolute Gasteiger partial charge is 0.265 e. The molecule has 2 amide bonds. The van der Waals surface area contributed by atoms with Crippen LogP contribution in [0.3, 0.4) is 0 Å². The van der Waals surface area contributed by atoms with Gasteiger partial charge in [-0.3, -0.25) is 9.59 Å². The van der Waals surface area contributed by atoms with E-state index in [1.165, 1.54) is 32.9 Å². The van der Waals surface area contributed by atoms with Crippen LogP contribution in [0.25, 0.3) is 10.4 Å². The number of hydrogen-bond acceptors (Lipinski definition) is 3. The van der Waals surface area contributed by atoms with E-state index >= 15 is 0 Å². The summed E-state index contributed by atoms with van der Waals surface area (Å²) in [6.07, 6.45) is 2.31. The Balaban J connectivity index is 1.58. The fourth-order valence-electron chi connectivity index (χ4n) is 3.32. The summed E-state index contributed by atoms with van der Waals surface area (Å²) in [4.78, 5) is 26.3. The van der Waals surface area contributed by atoms with E-state index in [9.17, 15) is 9.59 Å². The van der Waals surface area contributed by atoms with E-state index in [-0.39, 0.29) is 11.8 Å². The second kappa shape index (κ2) is 7.78. The number of carbonyl (C=O) groups is 2. The molecule has 0 bridgehead atoms. The van der Waals surface area contributed by atoms with E-state index < -0.39 is 0 Å². The van der Waals surface area contributed by atoms with Crippen molar-refractivity contribution in [3.63, 3.8) is 0 Å². The highest BCUT2D eigenvalue weighted by Gasteiger charge is 2.21. The second-order valence-corrected chi connectivity index (χ2v) is 8.13. The first-order valence-corrected chi connectivity index (χ1v) is 10.4. The quantitative estimate of drug-likeness (QED) is 0.573. The van der Waals surface area contributed by atoms with Crippen molar-refractivity contribution in [1.29, 1.82) is 0 Å². The van der Waals surface area contributed by atoms with Crippen molar-refractivity contribution >= 4 is 46.1 Å². The number of thiophene rings is 1. The average Bonchev–Trinajstić information content (AvgIpc) is 3.15. The van der Waals surface area contributed by atoms with Crippen molar-refractivity contribution in [2.24, 2.45) is 0 Å². The first-order chi connectivity index (χ1) is 13.5. The highest BCUT2D eigenvalue weighted by atomic mass is 35.5. The third-order valence-electron chi connectivity index (χ3n) is 4.78. The zero-order chi connectivity index (χ0) is 19.7. The summed E-state index contributed by atoms with van der Waals surface area (Å²) in [7, 11) is 0. The largest absolute Gasteiger partial charge is 0.326 e. The molecule has 6 heteroatoms. The SMILES string of the molecule is CCC(=O)Nc1ccc(Cl)c(NC(=O)c2cc3c(s2)-c2ccccc2CC3)c1. The lowest BCUT2D eigenvalue weighted by Gasteiger charge is -2.15. The van der Waals surface area contributed by atoms with Crippen LogP contribution >= 0.6 is 22.9 Å². The molecule has 0 saturated heterocycles. The van der Waals surface area contributed by atoms with Gasteiger partial charge in [-0.05, 0) is 53.8 Å². The third-order valence-corrected chi connectivity index (χ3v) is 6.32. The maximum absolute atomic E-state index is 12.8. The molecule has 4 rings (SSSR count). The summed E-state index contributed by atoms with van der Waals surface area (Å²) in [5.41, 5.74) is 4.84. The summed E-state index contributed by atoms with van der Waals surface area (Å²) in [5.74, 6) is -0.290. The zero-order valence-electron chi connectivity index (χ0n) is 15.3. The second-order valence-electron chi connectivity index (χ2n) is 6.67. The molecule has 1 aliphatic rings. The predicted molar refractivity (Wildman–Crippen MR) is 115 cm³/mol. The average molecular weight is 411 g/mol. The van der Waals surface area contributed by atoms with Crippen LogP contribution < -0.4 is 10.6 Å². The molecule has 0 atom stereocenters. The van der Waals surface area contributed by atoms with Crippen LogP contribution in [0.2, 0.25) is 5.02 Å². The van der Waals surface area contributed by atoms with Crippen molar-refractivity contribution in [3.8, 4) is 10.4 Å². The van der Waals surface area contributed by atoms with E-state index in [1.807, 2.05) is 12.1 Å². The summed E-state index contributed by atoms with van der Waals surface area (Å²) >= 11 is 7.75. The van der Waals surface area contributed by atoms with Crippen molar-refractivity contribution < 1.29 is 9.59 Å². The van der Waals surface area contributed by atoms with Crippen molar-refractivity contribution in [2.75, 3.05) is 10.6 Å². The predicted octanol–water partition coefficient (Wildman–Crippen LogP) is 5.77. The van der Waals surface area contributed by atoms with Gasteiger partial charge in [0, 0.05) is 17.0 Å². The molecule has 1 aromatic heterocycles. The molecule has 3 aromatic rings. The van der Waals surface area contributed by atoms with Gasteiger partial charge in [-0.25, -0.2) is 0 Å². The molecule has 1 aliphatic carbocycles. The Bertz CT molecular complexity index is 1070. The lowest BCUT2D eigenvalue weighted by atomic mass is 9.91. The number of aryl methyl sites for hydroxylation is 2. The molecule has 1 heterocycles. The molecule has 2 aromatic carbocycles. The normalized spacial score (nSPS) is 12.1. The van der Waals surface area contributed by atoms with E-state index in [1.54, 1.807) is 25.1 Å². The van der Waals surface area contributed by atoms with Crippen molar-refractivity contribution in [2.45, 2.75) is 26.2 Å². The van der Waals surface area contributed by atoms with Gasteiger partial charge in [-0.2, -0.15) is 0 Å². The van der Waals surface area contributed by atoms with E-state index in [0.29, 0.717) is 27.7 Å². The number of carbonyl (C=O) groups excluding carboxylic acids is 2. The molecule has 0 saturated carbocycles. The van der Waals surface area contributed by atoms with E-state index in [0.717, 1.165) is 12.8 Å². The minimum absolute atomic E-state index is 0.0933. The molecular weight excluding hydrogens is 392 g/mol. The Morgan fingerprint density at radius 3 is 2.64 bits per heavy atom. The summed E-state index contributed by atoms with van der Waals surface area (Å²) < 4.78 is 0. The van der Waals surface area contributed by atoms with Gasteiger partial charge in [0.1, 0.15) is 0 Å². The van der Waals surface area contributed by atoms with Gasteiger partial charge in [0.05, 0.1) is 15.6 Å². The molecule has 0 fully saturated rings. The number of fused-ring (bicyclic) bond motifs is 3. The number of rotatable bonds is 4. The standard InChI is InChI=1S/C22H19ClN2O2S/c1-2-20(26)24-15-9-10-17(23)18(12-15)25-22(27)19-11-14-8-7-13-5-3-4-6-16(13)21(14)28-19/h3-6,9-12H,2,7-8H2,1H3,(H,24,26)(H,25,27). The Hall–Kier alpha value is -2.63. The Morgan fingerprint density at radius 1 is 1.04 bits per heavy atom. The van der Waals surface area contributed by atoms with Gasteiger partial charge in [0.15, 0.2) is 0 Å². The number of anilines is 2. The van der Waals surface area contributed by atoms with E-state index in [2.05, 4.69) is 28.8 Å². The van der Waals surface area contributed by atoms with Gasteiger partial charge >= 0.3 is 0 Å². The van der Waals surface area contributed by atoms with Gasteiger partial charge in [-0.15, -0.1) is 11.3 Å². The molecule has 0 spiro atoms. The van der Waals surface area contributed by atoms with Crippen molar-refractivity contribution in [3.05, 3.63) is 69.6 Å². The first kappa shape index (κ1) is 18.7. The van der Waals surface area contributed by atoms with Crippen LogP contribution in [0.15, 0.2) is 48.5 Å². The number of amides is 2. The third kappa shape index (κ3) is 3.68. The van der Waals surface area contributed by atoms with Gasteiger partial charge in [0.2, 0.25) is 5.91 Å². The molecule has 28 heavy (non-hydrogen) atoms. The topological polar surface area (TPSA) is 58.2 Å². The number of halogens is 1. The lowest BCUT2D eigenvalue weighted by molar-refractivity contribution is -0.115. The van der Waals surface area contributed by atoms with Crippen LogP contribution in [0, 0.1) is 0 Å². The van der Waals surface area contributed by atoms with E-state index in [4.69, 9.17) is 11.6 Å². The first-order valence-electron chi connectivity index (χ1n) is 9.17. The molecule has 0 aliphatic heterocycles. The Kier molecular flexibility index (Phi) is 5.20. The van der Waals surface area contributed by atoms with Crippen LogP contribution in [0.1, 0.15) is 34.1 Å². The Morgan fingerprint density at radius 2 is 1.82 bits per heavy atom. The summed E-state index contributed by atoms with van der Waals surface area (Å²) in [5, 5.41) is 6.08.